The number of halogens is 1. The van der Waals surface area contributed by atoms with Gasteiger partial charge in [0, 0.05) is 4.47 Å². The fourth-order valence-electron chi connectivity index (χ4n) is 1.22. The van der Waals surface area contributed by atoms with Crippen LogP contribution in [0.4, 0.5) is 11.4 Å². The van der Waals surface area contributed by atoms with E-state index in [4.69, 9.17) is 5.11 Å². The van der Waals surface area contributed by atoms with Gasteiger partial charge in [-0.25, -0.2) is 0 Å². The summed E-state index contributed by atoms with van der Waals surface area (Å²) in [7, 11) is 0. The third-order valence-electron chi connectivity index (χ3n) is 2.06. The van der Waals surface area contributed by atoms with Crippen LogP contribution in [-0.2, 0) is 0 Å². The van der Waals surface area contributed by atoms with Crippen molar-refractivity contribution in [1.29, 1.82) is 0 Å². The largest absolute Gasteiger partial charge is 0.508 e. The molecular formula is C12H11BrN2O. The van der Waals surface area contributed by atoms with Crippen LogP contribution in [0.15, 0.2) is 53.0 Å². The lowest BCUT2D eigenvalue weighted by Crippen LogP contribution is -2.07. The fraction of sp³-hybridized carbons (Fsp3) is 0. The summed E-state index contributed by atoms with van der Waals surface area (Å²) < 4.78 is 1.04. The zero-order valence-electron chi connectivity index (χ0n) is 8.44. The minimum absolute atomic E-state index is 0.259. The number of aromatic hydroxyl groups is 1. The Hall–Kier alpha value is -1.68. The molecule has 0 bridgehead atoms. The standard InChI is InChI=1S/C12H11BrN2O/c13-9-1-3-10(4-2-9)14-15-11-5-7-12(16)8-6-11/h1-8,14-16H. The van der Waals surface area contributed by atoms with Crippen LogP contribution in [-0.4, -0.2) is 5.11 Å². The van der Waals surface area contributed by atoms with E-state index in [1.165, 1.54) is 0 Å². The van der Waals surface area contributed by atoms with Gasteiger partial charge in [0.2, 0.25) is 0 Å². The Kier molecular flexibility index (Phi) is 3.31. The maximum absolute atomic E-state index is 9.12. The fourth-order valence-corrected chi connectivity index (χ4v) is 1.49. The maximum atomic E-state index is 9.12. The van der Waals surface area contributed by atoms with Crippen LogP contribution in [0.1, 0.15) is 0 Å². The van der Waals surface area contributed by atoms with Crippen LogP contribution in [0.5, 0.6) is 5.75 Å². The Morgan fingerprint density at radius 2 is 1.19 bits per heavy atom. The van der Waals surface area contributed by atoms with Crippen molar-refractivity contribution in [2.24, 2.45) is 0 Å². The van der Waals surface area contributed by atoms with Crippen LogP contribution in [0.3, 0.4) is 0 Å². The van der Waals surface area contributed by atoms with Gasteiger partial charge < -0.3 is 16.0 Å². The van der Waals surface area contributed by atoms with E-state index in [0.29, 0.717) is 0 Å². The van der Waals surface area contributed by atoms with Gasteiger partial charge in [0.25, 0.3) is 0 Å². The first-order valence-electron chi connectivity index (χ1n) is 4.81. The molecule has 4 heteroatoms. The molecule has 82 valence electrons. The average molecular weight is 279 g/mol. The molecule has 0 saturated heterocycles. The molecule has 3 nitrogen and oxygen atoms in total. The van der Waals surface area contributed by atoms with Gasteiger partial charge in [0.15, 0.2) is 0 Å². The summed E-state index contributed by atoms with van der Waals surface area (Å²) in [6.07, 6.45) is 0. The van der Waals surface area contributed by atoms with E-state index in [9.17, 15) is 0 Å². The number of hydrazine groups is 1. The SMILES string of the molecule is Oc1ccc(NNc2ccc(Br)cc2)cc1. The molecule has 0 atom stereocenters. The van der Waals surface area contributed by atoms with E-state index < -0.39 is 0 Å². The van der Waals surface area contributed by atoms with Gasteiger partial charge in [-0.2, -0.15) is 0 Å². The summed E-state index contributed by atoms with van der Waals surface area (Å²) in [6, 6.07) is 14.7. The van der Waals surface area contributed by atoms with Crippen molar-refractivity contribution in [3.63, 3.8) is 0 Å². The van der Waals surface area contributed by atoms with Gasteiger partial charge in [-0.15, -0.1) is 0 Å². The first-order valence-corrected chi connectivity index (χ1v) is 5.60. The van der Waals surface area contributed by atoms with E-state index in [1.807, 2.05) is 24.3 Å². The lowest BCUT2D eigenvalue weighted by atomic mass is 10.3. The van der Waals surface area contributed by atoms with Crippen LogP contribution >= 0.6 is 15.9 Å². The van der Waals surface area contributed by atoms with Gasteiger partial charge in [-0.05, 0) is 48.5 Å². The number of rotatable bonds is 3. The van der Waals surface area contributed by atoms with Crippen molar-refractivity contribution in [2.75, 3.05) is 10.9 Å². The molecule has 0 unspecified atom stereocenters. The van der Waals surface area contributed by atoms with E-state index >= 15 is 0 Å². The van der Waals surface area contributed by atoms with Crippen molar-refractivity contribution in [2.45, 2.75) is 0 Å². The second-order valence-electron chi connectivity index (χ2n) is 3.30. The molecule has 0 saturated carbocycles. The normalized spacial score (nSPS) is 9.81. The molecule has 0 fully saturated rings. The minimum atomic E-state index is 0.259. The van der Waals surface area contributed by atoms with Crippen LogP contribution < -0.4 is 10.9 Å². The summed E-state index contributed by atoms with van der Waals surface area (Å²) in [5.41, 5.74) is 7.94. The van der Waals surface area contributed by atoms with E-state index in [1.54, 1.807) is 24.3 Å². The Labute approximate surface area is 102 Å². The first-order chi connectivity index (χ1) is 7.74. The summed E-state index contributed by atoms with van der Waals surface area (Å²) in [6.45, 7) is 0. The first kappa shape index (κ1) is 10.8. The van der Waals surface area contributed by atoms with Crippen LogP contribution in [0.25, 0.3) is 0 Å². The van der Waals surface area contributed by atoms with Crippen molar-refractivity contribution < 1.29 is 5.11 Å². The maximum Gasteiger partial charge on any atom is 0.115 e. The molecule has 0 aromatic heterocycles. The molecule has 2 aromatic rings. The van der Waals surface area contributed by atoms with Crippen molar-refractivity contribution in [1.82, 2.24) is 0 Å². The van der Waals surface area contributed by atoms with Crippen molar-refractivity contribution in [3.05, 3.63) is 53.0 Å². The molecule has 3 N–H and O–H groups in total. The van der Waals surface area contributed by atoms with E-state index in [2.05, 4.69) is 26.8 Å². The monoisotopic (exact) mass is 278 g/mol. The number of benzene rings is 2. The number of hydrogen-bond acceptors (Lipinski definition) is 3. The predicted molar refractivity (Wildman–Crippen MR) is 69.5 cm³/mol. The lowest BCUT2D eigenvalue weighted by molar-refractivity contribution is 0.475. The van der Waals surface area contributed by atoms with E-state index in [-0.39, 0.29) is 5.75 Å². The quantitative estimate of drug-likeness (QED) is 0.594. The Morgan fingerprint density at radius 1 is 0.750 bits per heavy atom. The van der Waals surface area contributed by atoms with Gasteiger partial charge >= 0.3 is 0 Å². The number of anilines is 2. The highest BCUT2D eigenvalue weighted by Crippen LogP contribution is 2.16. The summed E-state index contributed by atoms with van der Waals surface area (Å²) in [4.78, 5) is 0. The zero-order valence-corrected chi connectivity index (χ0v) is 10.0. The van der Waals surface area contributed by atoms with E-state index in [0.717, 1.165) is 15.8 Å². The summed E-state index contributed by atoms with van der Waals surface area (Å²) >= 11 is 3.37. The molecule has 0 radical (unpaired) electrons. The van der Waals surface area contributed by atoms with Gasteiger partial charge in [0.05, 0.1) is 11.4 Å². The molecule has 2 aromatic carbocycles. The summed E-state index contributed by atoms with van der Waals surface area (Å²) in [5, 5.41) is 9.12. The molecule has 0 aliphatic rings. The number of phenolic OH excluding ortho intramolecular Hbond substituents is 1. The van der Waals surface area contributed by atoms with Gasteiger partial charge in [-0.1, -0.05) is 15.9 Å². The molecule has 2 rings (SSSR count). The minimum Gasteiger partial charge on any atom is -0.508 e. The highest BCUT2D eigenvalue weighted by molar-refractivity contribution is 9.10. The summed E-state index contributed by atoms with van der Waals surface area (Å²) in [5.74, 6) is 0.259. The van der Waals surface area contributed by atoms with Crippen LogP contribution in [0, 0.1) is 0 Å². The van der Waals surface area contributed by atoms with Crippen molar-refractivity contribution >= 4 is 27.3 Å². The number of phenols is 1. The molecule has 16 heavy (non-hydrogen) atoms. The third-order valence-corrected chi connectivity index (χ3v) is 2.59. The van der Waals surface area contributed by atoms with Crippen LogP contribution in [0.2, 0.25) is 0 Å². The Morgan fingerprint density at radius 3 is 1.69 bits per heavy atom. The molecule has 0 aliphatic carbocycles. The van der Waals surface area contributed by atoms with Crippen molar-refractivity contribution in [3.8, 4) is 5.75 Å². The predicted octanol–water partition coefficient (Wildman–Crippen LogP) is 3.59. The number of hydrogen-bond donors (Lipinski definition) is 3. The smallest absolute Gasteiger partial charge is 0.115 e. The molecule has 0 aliphatic heterocycles. The highest BCUT2D eigenvalue weighted by Gasteiger charge is 1.93. The average Bonchev–Trinajstić information content (AvgIpc) is 2.30. The third kappa shape index (κ3) is 2.90. The highest BCUT2D eigenvalue weighted by atomic mass is 79.9. The topological polar surface area (TPSA) is 44.3 Å². The second-order valence-corrected chi connectivity index (χ2v) is 4.22. The lowest BCUT2D eigenvalue weighted by Gasteiger charge is -2.09. The molecule has 0 amide bonds. The van der Waals surface area contributed by atoms with Gasteiger partial charge in [-0.3, -0.25) is 0 Å². The molecular weight excluding hydrogens is 268 g/mol. The second kappa shape index (κ2) is 4.90. The molecule has 0 heterocycles. The Balaban J connectivity index is 1.97. The molecule has 0 spiro atoms. The Bertz CT molecular complexity index is 408. The zero-order chi connectivity index (χ0) is 11.4. The number of nitrogens with one attached hydrogen (secondary N) is 2. The van der Waals surface area contributed by atoms with Gasteiger partial charge in [0.1, 0.15) is 5.75 Å².